The smallest absolute Gasteiger partial charge is 0.309 e. The van der Waals surface area contributed by atoms with Gasteiger partial charge >= 0.3 is 5.97 Å². The molecule has 0 aliphatic carbocycles. The van der Waals surface area contributed by atoms with Crippen LogP contribution in [0.15, 0.2) is 53.4 Å². The fraction of sp³-hybridized carbons (Fsp3) is 0.391. The maximum atomic E-state index is 13.2. The molecule has 1 saturated heterocycles. The molecule has 0 atom stereocenters. The van der Waals surface area contributed by atoms with Crippen LogP contribution < -0.4 is 4.31 Å². The highest BCUT2D eigenvalue weighted by Crippen LogP contribution is 2.26. The minimum Gasteiger partial charge on any atom is -0.466 e. The molecule has 31 heavy (non-hydrogen) atoms. The number of carbonyl (C=O) groups excluding carboxylic acids is 2. The number of benzene rings is 2. The van der Waals surface area contributed by atoms with Gasteiger partial charge in [0.15, 0.2) is 0 Å². The van der Waals surface area contributed by atoms with Gasteiger partial charge in [-0.25, -0.2) is 8.42 Å². The van der Waals surface area contributed by atoms with Gasteiger partial charge in [0, 0.05) is 25.7 Å². The predicted octanol–water partition coefficient (Wildman–Crippen LogP) is 3.24. The molecule has 1 aliphatic heterocycles. The van der Waals surface area contributed by atoms with Crippen molar-refractivity contribution in [3.63, 3.8) is 0 Å². The Bertz CT molecular complexity index is 1060. The van der Waals surface area contributed by atoms with Crippen molar-refractivity contribution in [3.8, 4) is 0 Å². The number of sulfonamides is 1. The first-order valence-electron chi connectivity index (χ1n) is 10.4. The highest BCUT2D eigenvalue weighted by molar-refractivity contribution is 7.92. The molecule has 0 bridgehead atoms. The molecule has 0 saturated carbocycles. The molecule has 2 aromatic rings. The average molecular weight is 445 g/mol. The Morgan fingerprint density at radius 1 is 1.10 bits per heavy atom. The van der Waals surface area contributed by atoms with Crippen molar-refractivity contribution in [1.82, 2.24) is 4.90 Å². The van der Waals surface area contributed by atoms with Gasteiger partial charge in [-0.1, -0.05) is 24.3 Å². The second-order valence-electron chi connectivity index (χ2n) is 7.61. The molecule has 1 aliphatic rings. The summed E-state index contributed by atoms with van der Waals surface area (Å²) < 4.78 is 32.6. The maximum absolute atomic E-state index is 13.2. The quantitative estimate of drug-likeness (QED) is 0.639. The number of likely N-dealkylation sites (tertiary alicyclic amines) is 1. The number of ether oxygens (including phenoxy) is 1. The first kappa shape index (κ1) is 22.8. The Balaban J connectivity index is 1.76. The van der Waals surface area contributed by atoms with Crippen LogP contribution in [0.4, 0.5) is 5.69 Å². The summed E-state index contributed by atoms with van der Waals surface area (Å²) >= 11 is 0. The molecule has 0 spiro atoms. The van der Waals surface area contributed by atoms with Gasteiger partial charge in [-0.05, 0) is 56.5 Å². The summed E-state index contributed by atoms with van der Waals surface area (Å²) in [5.41, 5.74) is 1.74. The summed E-state index contributed by atoms with van der Waals surface area (Å²) in [6.07, 6.45) is 1.08. The summed E-state index contributed by atoms with van der Waals surface area (Å²) in [6, 6.07) is 13.3. The van der Waals surface area contributed by atoms with E-state index >= 15 is 0 Å². The van der Waals surface area contributed by atoms with E-state index in [2.05, 4.69) is 0 Å². The number of hydrogen-bond donors (Lipinski definition) is 0. The lowest BCUT2D eigenvalue weighted by atomic mass is 9.96. The lowest BCUT2D eigenvalue weighted by Crippen LogP contribution is -2.40. The minimum absolute atomic E-state index is 0.0607. The summed E-state index contributed by atoms with van der Waals surface area (Å²) in [6.45, 7) is 4.83. The van der Waals surface area contributed by atoms with Gasteiger partial charge in [-0.2, -0.15) is 0 Å². The van der Waals surface area contributed by atoms with E-state index in [1.807, 2.05) is 19.1 Å². The van der Waals surface area contributed by atoms with E-state index in [9.17, 15) is 18.0 Å². The topological polar surface area (TPSA) is 84.0 Å². The van der Waals surface area contributed by atoms with Crippen LogP contribution in [0.5, 0.6) is 0 Å². The Labute approximate surface area is 183 Å². The third-order valence-corrected chi connectivity index (χ3v) is 7.36. The zero-order valence-corrected chi connectivity index (χ0v) is 18.9. The molecule has 3 rings (SSSR count). The second-order valence-corrected chi connectivity index (χ2v) is 9.57. The third kappa shape index (κ3) is 4.90. The van der Waals surface area contributed by atoms with Crippen LogP contribution in [-0.4, -0.2) is 51.9 Å². The number of anilines is 1. The van der Waals surface area contributed by atoms with E-state index in [1.165, 1.54) is 23.5 Å². The normalized spacial score (nSPS) is 14.9. The van der Waals surface area contributed by atoms with Crippen LogP contribution >= 0.6 is 0 Å². The number of carbonyl (C=O) groups is 2. The number of piperidine rings is 1. The standard InChI is InChI=1S/C23H28N2O5S/c1-4-30-23(27)18-12-14-25(15-13-18)22(26)19-9-7-10-20(16-19)31(28,29)24(3)21-11-6-5-8-17(21)2/h5-11,16,18H,4,12-15H2,1-3H3. The predicted molar refractivity (Wildman–Crippen MR) is 118 cm³/mol. The Morgan fingerprint density at radius 2 is 1.77 bits per heavy atom. The van der Waals surface area contributed by atoms with Crippen molar-refractivity contribution in [3.05, 3.63) is 59.7 Å². The number of nitrogens with zero attached hydrogens (tertiary/aromatic N) is 2. The van der Waals surface area contributed by atoms with Gasteiger partial charge in [-0.3, -0.25) is 13.9 Å². The van der Waals surface area contributed by atoms with Gasteiger partial charge in [0.1, 0.15) is 0 Å². The first-order chi connectivity index (χ1) is 14.8. The molecule has 166 valence electrons. The maximum Gasteiger partial charge on any atom is 0.309 e. The molecular formula is C23H28N2O5S. The van der Waals surface area contributed by atoms with Crippen molar-refractivity contribution in [2.24, 2.45) is 5.92 Å². The van der Waals surface area contributed by atoms with Crippen molar-refractivity contribution < 1.29 is 22.7 Å². The SMILES string of the molecule is CCOC(=O)C1CCN(C(=O)c2cccc(S(=O)(=O)N(C)c3ccccc3C)c2)CC1. The molecule has 0 N–H and O–H groups in total. The number of hydrogen-bond acceptors (Lipinski definition) is 5. The zero-order chi connectivity index (χ0) is 22.6. The molecule has 7 nitrogen and oxygen atoms in total. The van der Waals surface area contributed by atoms with E-state index in [-0.39, 0.29) is 22.7 Å². The number of rotatable bonds is 6. The van der Waals surface area contributed by atoms with Crippen molar-refractivity contribution in [2.75, 3.05) is 31.0 Å². The van der Waals surface area contributed by atoms with E-state index < -0.39 is 10.0 Å². The third-order valence-electron chi connectivity index (χ3n) is 5.60. The summed E-state index contributed by atoms with van der Waals surface area (Å²) in [5.74, 6) is -0.654. The van der Waals surface area contributed by atoms with Gasteiger partial charge in [-0.15, -0.1) is 0 Å². The Hall–Kier alpha value is -2.87. The highest BCUT2D eigenvalue weighted by Gasteiger charge is 2.29. The van der Waals surface area contributed by atoms with E-state index in [1.54, 1.807) is 36.1 Å². The monoisotopic (exact) mass is 444 g/mol. The van der Waals surface area contributed by atoms with E-state index in [0.29, 0.717) is 43.8 Å². The van der Waals surface area contributed by atoms with Gasteiger partial charge < -0.3 is 9.64 Å². The van der Waals surface area contributed by atoms with Crippen molar-refractivity contribution in [2.45, 2.75) is 31.6 Å². The van der Waals surface area contributed by atoms with Crippen molar-refractivity contribution in [1.29, 1.82) is 0 Å². The largest absolute Gasteiger partial charge is 0.466 e. The Morgan fingerprint density at radius 3 is 2.42 bits per heavy atom. The lowest BCUT2D eigenvalue weighted by Gasteiger charge is -2.31. The highest BCUT2D eigenvalue weighted by atomic mass is 32.2. The molecule has 1 amide bonds. The summed E-state index contributed by atoms with van der Waals surface area (Å²) in [5, 5.41) is 0. The molecule has 0 radical (unpaired) electrons. The fourth-order valence-corrected chi connectivity index (χ4v) is 5.06. The molecule has 2 aromatic carbocycles. The van der Waals surface area contributed by atoms with E-state index in [0.717, 1.165) is 5.56 Å². The van der Waals surface area contributed by atoms with Crippen LogP contribution in [-0.2, 0) is 19.6 Å². The molecule has 0 unspecified atom stereocenters. The molecule has 0 aromatic heterocycles. The first-order valence-corrected chi connectivity index (χ1v) is 11.8. The van der Waals surface area contributed by atoms with Crippen LogP contribution in [0.2, 0.25) is 0 Å². The fourth-order valence-electron chi connectivity index (χ4n) is 3.75. The van der Waals surface area contributed by atoms with Crippen LogP contribution in [0.25, 0.3) is 0 Å². The number of esters is 1. The number of para-hydroxylation sites is 1. The van der Waals surface area contributed by atoms with Crippen LogP contribution in [0, 0.1) is 12.8 Å². The molecule has 8 heteroatoms. The molecule has 1 heterocycles. The average Bonchev–Trinajstić information content (AvgIpc) is 2.79. The van der Waals surface area contributed by atoms with Gasteiger partial charge in [0.2, 0.25) is 0 Å². The van der Waals surface area contributed by atoms with Gasteiger partial charge in [0.05, 0.1) is 23.1 Å². The summed E-state index contributed by atoms with van der Waals surface area (Å²) in [7, 11) is -2.32. The summed E-state index contributed by atoms with van der Waals surface area (Å²) in [4.78, 5) is 26.6. The van der Waals surface area contributed by atoms with Crippen molar-refractivity contribution >= 4 is 27.6 Å². The van der Waals surface area contributed by atoms with Gasteiger partial charge in [0.25, 0.3) is 15.9 Å². The molecule has 1 fully saturated rings. The second kappa shape index (κ2) is 9.51. The zero-order valence-electron chi connectivity index (χ0n) is 18.1. The van der Waals surface area contributed by atoms with E-state index in [4.69, 9.17) is 4.74 Å². The number of amides is 1. The van der Waals surface area contributed by atoms with Crippen LogP contribution in [0.1, 0.15) is 35.7 Å². The number of aryl methyl sites for hydroxylation is 1. The lowest BCUT2D eigenvalue weighted by molar-refractivity contribution is -0.149. The molecular weight excluding hydrogens is 416 g/mol. The Kier molecular flexibility index (Phi) is 7.00. The minimum atomic E-state index is -3.83. The van der Waals surface area contributed by atoms with Crippen LogP contribution in [0.3, 0.4) is 0 Å².